The molecule has 0 atom stereocenters. The van der Waals surface area contributed by atoms with Crippen LogP contribution in [0.25, 0.3) is 0 Å². The minimum Gasteiger partial charge on any atom is -0.493 e. The van der Waals surface area contributed by atoms with Crippen molar-refractivity contribution in [3.05, 3.63) is 54.1 Å². The van der Waals surface area contributed by atoms with Gasteiger partial charge in [0.2, 0.25) is 0 Å². The highest BCUT2D eigenvalue weighted by Crippen LogP contribution is 2.27. The van der Waals surface area contributed by atoms with Gasteiger partial charge in [-0.25, -0.2) is 0 Å². The van der Waals surface area contributed by atoms with Crippen molar-refractivity contribution in [2.75, 3.05) is 38.3 Å². The first-order chi connectivity index (χ1) is 12.7. The van der Waals surface area contributed by atoms with E-state index in [1.807, 2.05) is 25.1 Å². The van der Waals surface area contributed by atoms with Gasteiger partial charge in [-0.15, -0.1) is 0 Å². The molecular formula is C21H28N2O3. The summed E-state index contributed by atoms with van der Waals surface area (Å²) < 4.78 is 10.8. The Morgan fingerprint density at radius 3 is 2.50 bits per heavy atom. The minimum absolute atomic E-state index is 0.103. The summed E-state index contributed by atoms with van der Waals surface area (Å²) in [7, 11) is 1.57. The number of nitrogens with one attached hydrogen (secondary N) is 1. The van der Waals surface area contributed by atoms with E-state index in [0.29, 0.717) is 30.2 Å². The highest BCUT2D eigenvalue weighted by Gasteiger charge is 2.11. The molecule has 0 spiro atoms. The molecule has 26 heavy (non-hydrogen) atoms. The number of hydrogen-bond donors (Lipinski definition) is 1. The average Bonchev–Trinajstić information content (AvgIpc) is 2.69. The Morgan fingerprint density at radius 2 is 1.85 bits per heavy atom. The number of benzene rings is 2. The third-order valence-corrected chi connectivity index (χ3v) is 4.12. The molecule has 0 saturated heterocycles. The number of ether oxygens (including phenoxy) is 2. The summed E-state index contributed by atoms with van der Waals surface area (Å²) in [6.07, 6.45) is 0.878. The molecular weight excluding hydrogens is 328 g/mol. The molecule has 1 N–H and O–H groups in total. The van der Waals surface area contributed by atoms with Crippen LogP contribution >= 0.6 is 0 Å². The van der Waals surface area contributed by atoms with Crippen molar-refractivity contribution in [3.8, 4) is 11.5 Å². The molecule has 5 heteroatoms. The number of hydrogen-bond acceptors (Lipinski definition) is 4. The second kappa shape index (κ2) is 10.3. The number of anilines is 1. The van der Waals surface area contributed by atoms with E-state index in [9.17, 15) is 4.79 Å². The van der Waals surface area contributed by atoms with Gasteiger partial charge in [0, 0.05) is 30.9 Å². The number of para-hydroxylation sites is 1. The summed E-state index contributed by atoms with van der Waals surface area (Å²) in [6, 6.07) is 15.5. The fraction of sp³-hybridized carbons (Fsp3) is 0.381. The Labute approximate surface area is 155 Å². The van der Waals surface area contributed by atoms with Crippen LogP contribution in [0.2, 0.25) is 0 Å². The van der Waals surface area contributed by atoms with E-state index < -0.39 is 0 Å². The van der Waals surface area contributed by atoms with E-state index in [0.717, 1.165) is 19.5 Å². The van der Waals surface area contributed by atoms with Gasteiger partial charge in [0.25, 0.3) is 5.91 Å². The van der Waals surface area contributed by atoms with Crippen LogP contribution in [0.5, 0.6) is 11.5 Å². The van der Waals surface area contributed by atoms with E-state index in [1.54, 1.807) is 25.3 Å². The van der Waals surface area contributed by atoms with Crippen LogP contribution < -0.4 is 19.7 Å². The molecule has 0 aromatic heterocycles. The standard InChI is InChI=1S/C21H28N2O3/c1-4-23(18-10-7-6-8-11-18)15-9-14-22-21(24)17-12-13-19(26-5-2)20(16-17)25-3/h6-8,10-13,16H,4-5,9,14-15H2,1-3H3,(H,22,24). The van der Waals surface area contributed by atoms with E-state index >= 15 is 0 Å². The first-order valence-corrected chi connectivity index (χ1v) is 9.08. The van der Waals surface area contributed by atoms with Gasteiger partial charge in [0.05, 0.1) is 13.7 Å². The topological polar surface area (TPSA) is 50.8 Å². The Hall–Kier alpha value is -2.69. The zero-order chi connectivity index (χ0) is 18.8. The summed E-state index contributed by atoms with van der Waals surface area (Å²) in [5, 5.41) is 2.97. The third kappa shape index (κ3) is 5.41. The minimum atomic E-state index is -0.103. The molecule has 0 fully saturated rings. The first kappa shape index (κ1) is 19.6. The number of carbonyl (C=O) groups excluding carboxylic acids is 1. The van der Waals surface area contributed by atoms with Crippen molar-refractivity contribution in [1.82, 2.24) is 5.32 Å². The van der Waals surface area contributed by atoms with E-state index in [-0.39, 0.29) is 5.91 Å². The first-order valence-electron chi connectivity index (χ1n) is 9.08. The highest BCUT2D eigenvalue weighted by atomic mass is 16.5. The van der Waals surface area contributed by atoms with Crippen molar-refractivity contribution >= 4 is 11.6 Å². The van der Waals surface area contributed by atoms with Crippen molar-refractivity contribution in [2.45, 2.75) is 20.3 Å². The van der Waals surface area contributed by atoms with E-state index in [4.69, 9.17) is 9.47 Å². The van der Waals surface area contributed by atoms with E-state index in [2.05, 4.69) is 29.3 Å². The molecule has 0 unspecified atom stereocenters. The molecule has 140 valence electrons. The van der Waals surface area contributed by atoms with Gasteiger partial charge >= 0.3 is 0 Å². The number of rotatable bonds is 10. The van der Waals surface area contributed by atoms with Gasteiger partial charge in [-0.2, -0.15) is 0 Å². The molecule has 2 rings (SSSR count). The maximum atomic E-state index is 12.3. The molecule has 0 heterocycles. The third-order valence-electron chi connectivity index (χ3n) is 4.12. The Bertz CT molecular complexity index is 689. The van der Waals surface area contributed by atoms with Crippen molar-refractivity contribution < 1.29 is 14.3 Å². The fourth-order valence-electron chi connectivity index (χ4n) is 2.77. The van der Waals surface area contributed by atoms with Crippen molar-refractivity contribution in [1.29, 1.82) is 0 Å². The number of nitrogens with zero attached hydrogens (tertiary/aromatic N) is 1. The van der Waals surface area contributed by atoms with Crippen LogP contribution in [0.15, 0.2) is 48.5 Å². The molecule has 0 aliphatic heterocycles. The van der Waals surface area contributed by atoms with Crippen LogP contribution in [0, 0.1) is 0 Å². The monoisotopic (exact) mass is 356 g/mol. The lowest BCUT2D eigenvalue weighted by Gasteiger charge is -2.23. The molecule has 0 radical (unpaired) electrons. The Kier molecular flexibility index (Phi) is 7.80. The Morgan fingerprint density at radius 1 is 1.08 bits per heavy atom. The molecule has 0 aliphatic carbocycles. The quantitative estimate of drug-likeness (QED) is 0.659. The largest absolute Gasteiger partial charge is 0.493 e. The zero-order valence-electron chi connectivity index (χ0n) is 15.8. The van der Waals surface area contributed by atoms with Gasteiger partial charge in [-0.3, -0.25) is 4.79 Å². The van der Waals surface area contributed by atoms with Gasteiger partial charge in [-0.05, 0) is 50.6 Å². The van der Waals surface area contributed by atoms with Crippen LogP contribution in [0.1, 0.15) is 30.6 Å². The molecule has 0 aliphatic rings. The van der Waals surface area contributed by atoms with Crippen LogP contribution in [-0.4, -0.2) is 39.3 Å². The summed E-state index contributed by atoms with van der Waals surface area (Å²) in [5.74, 6) is 1.11. The predicted octanol–water partition coefficient (Wildman–Crippen LogP) is 3.74. The second-order valence-corrected chi connectivity index (χ2v) is 5.82. The molecule has 1 amide bonds. The van der Waals surface area contributed by atoms with Crippen LogP contribution in [0.3, 0.4) is 0 Å². The lowest BCUT2D eigenvalue weighted by Crippen LogP contribution is -2.30. The molecule has 2 aromatic rings. The maximum absolute atomic E-state index is 12.3. The van der Waals surface area contributed by atoms with Gasteiger partial charge in [0.1, 0.15) is 0 Å². The maximum Gasteiger partial charge on any atom is 0.251 e. The fourth-order valence-corrected chi connectivity index (χ4v) is 2.77. The van der Waals surface area contributed by atoms with Crippen LogP contribution in [-0.2, 0) is 0 Å². The molecule has 5 nitrogen and oxygen atoms in total. The second-order valence-electron chi connectivity index (χ2n) is 5.82. The van der Waals surface area contributed by atoms with E-state index in [1.165, 1.54) is 5.69 Å². The lowest BCUT2D eigenvalue weighted by molar-refractivity contribution is 0.0953. The SMILES string of the molecule is CCOc1ccc(C(=O)NCCCN(CC)c2ccccc2)cc1OC. The molecule has 0 bridgehead atoms. The molecule has 0 saturated carbocycles. The summed E-state index contributed by atoms with van der Waals surface area (Å²) >= 11 is 0. The number of methoxy groups -OCH3 is 1. The highest BCUT2D eigenvalue weighted by molar-refractivity contribution is 5.94. The van der Waals surface area contributed by atoms with Crippen molar-refractivity contribution in [3.63, 3.8) is 0 Å². The Balaban J connectivity index is 1.85. The zero-order valence-corrected chi connectivity index (χ0v) is 15.8. The van der Waals surface area contributed by atoms with Gasteiger partial charge < -0.3 is 19.7 Å². The summed E-state index contributed by atoms with van der Waals surface area (Å²) in [5.41, 5.74) is 1.78. The normalized spacial score (nSPS) is 10.3. The average molecular weight is 356 g/mol. The number of carbonyl (C=O) groups is 1. The molecule has 2 aromatic carbocycles. The smallest absolute Gasteiger partial charge is 0.251 e. The lowest BCUT2D eigenvalue weighted by atomic mass is 10.2. The van der Waals surface area contributed by atoms with Crippen molar-refractivity contribution in [2.24, 2.45) is 0 Å². The summed E-state index contributed by atoms with van der Waals surface area (Å²) in [6.45, 7) is 7.06. The van der Waals surface area contributed by atoms with Crippen LogP contribution in [0.4, 0.5) is 5.69 Å². The number of amides is 1. The van der Waals surface area contributed by atoms with Gasteiger partial charge in [0.15, 0.2) is 11.5 Å². The summed E-state index contributed by atoms with van der Waals surface area (Å²) in [4.78, 5) is 14.6. The van der Waals surface area contributed by atoms with Gasteiger partial charge in [-0.1, -0.05) is 18.2 Å². The predicted molar refractivity (Wildman–Crippen MR) is 105 cm³/mol.